The van der Waals surface area contributed by atoms with Gasteiger partial charge in [-0.1, -0.05) is 81.1 Å². The molecule has 0 spiro atoms. The number of pyridine rings is 1. The number of allylic oxidation sites excluding steroid dienone is 4. The Hall–Kier alpha value is -3.19. The Morgan fingerprint density at radius 3 is 2.41 bits per heavy atom. The van der Waals surface area contributed by atoms with Gasteiger partial charge in [0.25, 0.3) is 5.01 Å². The highest BCUT2D eigenvalue weighted by Crippen LogP contribution is 2.45. The van der Waals surface area contributed by atoms with E-state index in [1.165, 1.54) is 42.0 Å². The van der Waals surface area contributed by atoms with E-state index in [9.17, 15) is 0 Å². The fraction of sp³-hybridized carbons (Fsp3) is 0.273. The summed E-state index contributed by atoms with van der Waals surface area (Å²) < 4.78 is 3.76. The maximum atomic E-state index is 7.00. The molecule has 0 saturated carbocycles. The minimum Gasteiger partial charge on any atom is -0.400 e. The van der Waals surface area contributed by atoms with E-state index in [0.29, 0.717) is 0 Å². The molecule has 0 radical (unpaired) electrons. The summed E-state index contributed by atoms with van der Waals surface area (Å²) in [7, 11) is 1.00. The van der Waals surface area contributed by atoms with E-state index in [4.69, 9.17) is 5.11 Å². The van der Waals surface area contributed by atoms with Crippen LogP contribution in [0, 0.1) is 0 Å². The van der Waals surface area contributed by atoms with Gasteiger partial charge in [-0.15, -0.1) is 0 Å². The summed E-state index contributed by atoms with van der Waals surface area (Å²) in [6.07, 6.45) is 15.0. The lowest BCUT2D eigenvalue weighted by atomic mass is 10.1. The zero-order valence-corrected chi connectivity index (χ0v) is 25.3. The van der Waals surface area contributed by atoms with E-state index in [-0.39, 0.29) is 0 Å². The maximum Gasteiger partial charge on any atom is 0.262 e. The number of aromatic nitrogens is 2. The first kappa shape index (κ1) is 30.4. The Labute approximate surface area is 242 Å². The minimum absolute atomic E-state index is 1.00. The molecule has 2 aromatic heterocycles. The largest absolute Gasteiger partial charge is 0.400 e. The smallest absolute Gasteiger partial charge is 0.262 e. The molecule has 5 rings (SSSR count). The molecule has 0 atom stereocenters. The lowest BCUT2D eigenvalue weighted by Gasteiger charge is -2.19. The van der Waals surface area contributed by atoms with Crippen LogP contribution in [0.1, 0.15) is 51.1 Å². The molecule has 1 N–H and O–H groups in total. The molecule has 0 unspecified atom stereocenters. The van der Waals surface area contributed by atoms with Crippen LogP contribution in [0.5, 0.6) is 0 Å². The van der Waals surface area contributed by atoms with E-state index in [1.807, 2.05) is 49.3 Å². The average molecular weight is 559 g/mol. The van der Waals surface area contributed by atoms with Crippen LogP contribution in [0.25, 0.3) is 21.9 Å². The Morgan fingerprint density at radius 1 is 0.949 bits per heavy atom. The molecule has 1 aliphatic rings. The van der Waals surface area contributed by atoms with Gasteiger partial charge in [-0.2, -0.15) is 4.57 Å². The molecule has 0 saturated heterocycles. The lowest BCUT2D eigenvalue weighted by Crippen LogP contribution is -2.34. The number of hydrogen-bond donors (Lipinski definition) is 1. The summed E-state index contributed by atoms with van der Waals surface area (Å²) in [5, 5.41) is 9.55. The van der Waals surface area contributed by atoms with Gasteiger partial charge in [0.2, 0.25) is 5.52 Å². The Balaban J connectivity index is 0.00000100. The second-order valence-electron chi connectivity index (χ2n) is 8.48. The molecule has 1 aliphatic heterocycles. The molecule has 0 aliphatic carbocycles. The van der Waals surface area contributed by atoms with Crippen molar-refractivity contribution in [3.63, 3.8) is 0 Å². The van der Waals surface area contributed by atoms with Gasteiger partial charge in [-0.25, -0.2) is 0 Å². The number of aliphatic hydroxyl groups is 1. The van der Waals surface area contributed by atoms with Gasteiger partial charge in [0.05, 0.1) is 10.7 Å². The van der Waals surface area contributed by atoms with Crippen molar-refractivity contribution in [2.45, 2.75) is 52.0 Å². The summed E-state index contributed by atoms with van der Waals surface area (Å²) in [6.45, 7) is 10.5. The molecule has 6 heteroatoms. The molecular weight excluding hydrogens is 519 g/mol. The van der Waals surface area contributed by atoms with Crippen LogP contribution in [-0.4, -0.2) is 23.7 Å². The van der Waals surface area contributed by atoms with Crippen molar-refractivity contribution in [3.05, 3.63) is 107 Å². The summed E-state index contributed by atoms with van der Waals surface area (Å²) in [5.74, 6) is 0. The SMILES string of the molecule is CC.CCCN1/C(=C/C=C(/C=C/c2sc3ccccc3[n+]2CCC)c2ccncc2)Sc2ccccc21.CO. The average Bonchev–Trinajstić information content (AvgIpc) is 3.54. The molecule has 3 heterocycles. The van der Waals surface area contributed by atoms with Gasteiger partial charge >= 0.3 is 0 Å². The van der Waals surface area contributed by atoms with Crippen LogP contribution >= 0.6 is 23.1 Å². The minimum atomic E-state index is 1.00. The number of nitrogens with zero attached hydrogens (tertiary/aromatic N) is 3. The third kappa shape index (κ3) is 7.47. The van der Waals surface area contributed by atoms with Crippen molar-refractivity contribution in [3.8, 4) is 0 Å². The third-order valence-corrected chi connectivity index (χ3v) is 8.25. The topological polar surface area (TPSA) is 40.2 Å². The highest BCUT2D eigenvalue weighted by Gasteiger charge is 2.23. The van der Waals surface area contributed by atoms with Gasteiger partial charge in [0, 0.05) is 49.5 Å². The number of benzene rings is 2. The van der Waals surface area contributed by atoms with Gasteiger partial charge in [0.1, 0.15) is 11.2 Å². The van der Waals surface area contributed by atoms with E-state index in [2.05, 4.69) is 113 Å². The Morgan fingerprint density at radius 2 is 1.67 bits per heavy atom. The van der Waals surface area contributed by atoms with Crippen molar-refractivity contribution >= 4 is 50.7 Å². The zero-order chi connectivity index (χ0) is 28.0. The second kappa shape index (κ2) is 16.0. The van der Waals surface area contributed by atoms with Crippen LogP contribution in [0.3, 0.4) is 0 Å². The standard InChI is InChI=1S/C30H30N3S2.C2H6.CH4O/c1-3-21-32-25-9-5-7-11-27(25)34-29(32)15-13-23(24-17-19-31-20-18-24)14-16-30-33(22-4-2)26-10-6-8-12-28(26)35-30;2*1-2/h5-20H,3-4,21-22H2,1-2H3;1-2H3;2H,1H3/q+1;;. The van der Waals surface area contributed by atoms with Crippen molar-refractivity contribution in [1.29, 1.82) is 0 Å². The molecular formula is C33H40N3OS2+. The van der Waals surface area contributed by atoms with Gasteiger partial charge < -0.3 is 10.0 Å². The van der Waals surface area contributed by atoms with Crippen molar-refractivity contribution in [2.24, 2.45) is 0 Å². The maximum absolute atomic E-state index is 7.00. The third-order valence-electron chi connectivity index (χ3n) is 5.99. The molecule has 39 heavy (non-hydrogen) atoms. The first-order chi connectivity index (χ1) is 19.3. The molecule has 0 fully saturated rings. The van der Waals surface area contributed by atoms with Crippen molar-refractivity contribution in [1.82, 2.24) is 4.98 Å². The number of fused-ring (bicyclic) bond motifs is 2. The second-order valence-corrected chi connectivity index (χ2v) is 10.6. The van der Waals surface area contributed by atoms with Crippen LogP contribution in [0.15, 0.2) is 101 Å². The van der Waals surface area contributed by atoms with Crippen molar-refractivity contribution < 1.29 is 9.67 Å². The van der Waals surface area contributed by atoms with Crippen LogP contribution in [0.4, 0.5) is 5.69 Å². The van der Waals surface area contributed by atoms with Crippen LogP contribution in [-0.2, 0) is 6.54 Å². The van der Waals surface area contributed by atoms with Crippen LogP contribution < -0.4 is 9.47 Å². The predicted octanol–water partition coefficient (Wildman–Crippen LogP) is 8.59. The van der Waals surface area contributed by atoms with Gasteiger partial charge in [-0.3, -0.25) is 4.98 Å². The zero-order valence-electron chi connectivity index (χ0n) is 23.7. The molecule has 4 aromatic rings. The highest BCUT2D eigenvalue weighted by atomic mass is 32.2. The number of thiazole rings is 1. The van der Waals surface area contributed by atoms with E-state index in [1.54, 1.807) is 0 Å². The first-order valence-electron chi connectivity index (χ1n) is 13.7. The molecule has 204 valence electrons. The van der Waals surface area contributed by atoms with Gasteiger partial charge in [-0.05, 0) is 60.0 Å². The summed E-state index contributed by atoms with van der Waals surface area (Å²) in [5.41, 5.74) is 4.96. The summed E-state index contributed by atoms with van der Waals surface area (Å²) >= 11 is 3.70. The lowest BCUT2D eigenvalue weighted by molar-refractivity contribution is -0.668. The number of thioether (sulfide) groups is 1. The monoisotopic (exact) mass is 558 g/mol. The fourth-order valence-electron chi connectivity index (χ4n) is 4.38. The Kier molecular flexibility index (Phi) is 12.5. The van der Waals surface area contributed by atoms with Crippen LogP contribution in [0.2, 0.25) is 0 Å². The number of aryl methyl sites for hydroxylation is 1. The quantitative estimate of drug-likeness (QED) is 0.174. The van der Waals surface area contributed by atoms with Gasteiger partial charge in [0.15, 0.2) is 0 Å². The predicted molar refractivity (Wildman–Crippen MR) is 171 cm³/mol. The number of hydrogen-bond acceptors (Lipinski definition) is 5. The normalized spacial score (nSPS) is 13.7. The first-order valence-corrected chi connectivity index (χ1v) is 15.3. The molecule has 0 bridgehead atoms. The Bertz CT molecular complexity index is 1410. The summed E-state index contributed by atoms with van der Waals surface area (Å²) in [4.78, 5) is 8.00. The number of rotatable bonds is 8. The van der Waals surface area contributed by atoms with E-state index < -0.39 is 0 Å². The van der Waals surface area contributed by atoms with Crippen molar-refractivity contribution in [2.75, 3.05) is 18.6 Å². The number of aliphatic hydroxyl groups excluding tert-OH is 1. The van der Waals surface area contributed by atoms with E-state index >= 15 is 0 Å². The molecule has 0 amide bonds. The molecule has 2 aromatic carbocycles. The fourth-order valence-corrected chi connectivity index (χ4v) is 6.56. The number of para-hydroxylation sites is 2. The molecule has 4 nitrogen and oxygen atoms in total. The summed E-state index contributed by atoms with van der Waals surface area (Å²) in [6, 6.07) is 21.5. The van der Waals surface area contributed by atoms with E-state index in [0.717, 1.165) is 33.0 Å². The number of anilines is 1. The highest BCUT2D eigenvalue weighted by molar-refractivity contribution is 8.03.